The summed E-state index contributed by atoms with van der Waals surface area (Å²) in [4.78, 5) is 14.5. The summed E-state index contributed by atoms with van der Waals surface area (Å²) in [6.07, 6.45) is 2.81. The van der Waals surface area contributed by atoms with E-state index in [0.717, 1.165) is 22.2 Å². The summed E-state index contributed by atoms with van der Waals surface area (Å²) in [5, 5.41) is 9.42. The average Bonchev–Trinajstić information content (AvgIpc) is 3.23. The van der Waals surface area contributed by atoms with Crippen molar-refractivity contribution >= 4 is 27.4 Å². The number of rotatable bonds is 5. The first kappa shape index (κ1) is 19.3. The summed E-state index contributed by atoms with van der Waals surface area (Å²) in [6, 6.07) is 18.1. The van der Waals surface area contributed by atoms with Crippen molar-refractivity contribution in [3.05, 3.63) is 88.3 Å². The monoisotopic (exact) mass is 453 g/mol. The Balaban J connectivity index is 1.35. The molecule has 0 aliphatic carbocycles. The third-order valence-corrected chi connectivity index (χ3v) is 5.33. The Kier molecular flexibility index (Phi) is 5.71. The fraction of sp³-hybridized carbons (Fsp3) is 0.174. The maximum Gasteiger partial charge on any atom is 0.289 e. The van der Waals surface area contributed by atoms with Crippen molar-refractivity contribution in [2.75, 3.05) is 13.1 Å². The number of hydrogen-bond acceptors (Lipinski definition) is 4. The second-order valence-corrected chi connectivity index (χ2v) is 7.70. The average molecular weight is 454 g/mol. The molecule has 0 radical (unpaired) electrons. The van der Waals surface area contributed by atoms with E-state index in [0.29, 0.717) is 24.6 Å². The lowest BCUT2D eigenvalue weighted by Gasteiger charge is -2.26. The lowest BCUT2D eigenvalue weighted by Crippen LogP contribution is -2.34. The summed E-state index contributed by atoms with van der Waals surface area (Å²) in [7, 11) is 0. The summed E-state index contributed by atoms with van der Waals surface area (Å²) in [5.74, 6) is 1.79. The van der Waals surface area contributed by atoms with Crippen molar-refractivity contribution in [1.29, 1.82) is 0 Å². The van der Waals surface area contributed by atoms with Gasteiger partial charge in [0, 0.05) is 17.6 Å². The molecule has 1 aliphatic rings. The summed E-state index contributed by atoms with van der Waals surface area (Å²) < 4.78 is 12.4. The number of halogens is 1. The van der Waals surface area contributed by atoms with Gasteiger partial charge >= 0.3 is 0 Å². The molecule has 0 unspecified atom stereocenters. The van der Waals surface area contributed by atoms with Crippen LogP contribution < -0.4 is 4.74 Å². The lowest BCUT2D eigenvalue weighted by molar-refractivity contribution is 0.0737. The van der Waals surface area contributed by atoms with Crippen LogP contribution in [0.5, 0.6) is 11.5 Å². The van der Waals surface area contributed by atoms with Crippen molar-refractivity contribution in [3.63, 3.8) is 0 Å². The Morgan fingerprint density at radius 1 is 1.07 bits per heavy atom. The molecule has 0 saturated heterocycles. The molecule has 2 aromatic carbocycles. The molecule has 148 valence electrons. The molecule has 0 saturated carbocycles. The number of hydrogen-bond donors (Lipinski definition) is 1. The standard InChI is InChI=1S/C23H20BrNO4/c24-18-3-7-20(8-4-18)28-15-21-9-10-22(29-21)23(27)25-13-11-17(12-14-25)16-1-5-19(26)6-2-16/h1-11,26H,12-15H2. The SMILES string of the molecule is O=C(c1ccc(COc2ccc(Br)cc2)o1)N1CC=C(c2ccc(O)cc2)CC1. The van der Waals surface area contributed by atoms with Gasteiger partial charge in [0.2, 0.25) is 0 Å². The minimum absolute atomic E-state index is 0.124. The third-order valence-electron chi connectivity index (χ3n) is 4.80. The van der Waals surface area contributed by atoms with Gasteiger partial charge in [0.25, 0.3) is 5.91 Å². The van der Waals surface area contributed by atoms with E-state index in [9.17, 15) is 9.90 Å². The maximum absolute atomic E-state index is 12.7. The quantitative estimate of drug-likeness (QED) is 0.572. The number of ether oxygens (including phenoxy) is 1. The number of amides is 1. The molecular formula is C23H20BrNO4. The third kappa shape index (κ3) is 4.71. The number of carbonyl (C=O) groups is 1. The Hall–Kier alpha value is -2.99. The molecule has 0 spiro atoms. The Morgan fingerprint density at radius 2 is 1.83 bits per heavy atom. The maximum atomic E-state index is 12.7. The highest BCUT2D eigenvalue weighted by Crippen LogP contribution is 2.25. The Bertz CT molecular complexity index is 1020. The van der Waals surface area contributed by atoms with Crippen LogP contribution in [0, 0.1) is 0 Å². The number of carbonyl (C=O) groups excluding carboxylic acids is 1. The first-order valence-corrected chi connectivity index (χ1v) is 10.1. The van der Waals surface area contributed by atoms with E-state index in [4.69, 9.17) is 9.15 Å². The number of benzene rings is 2. The molecule has 5 nitrogen and oxygen atoms in total. The Morgan fingerprint density at radius 3 is 2.52 bits per heavy atom. The van der Waals surface area contributed by atoms with Crippen molar-refractivity contribution < 1.29 is 19.1 Å². The van der Waals surface area contributed by atoms with Gasteiger partial charge in [-0.05, 0) is 66.1 Å². The zero-order chi connectivity index (χ0) is 20.2. The number of phenols is 1. The molecule has 1 aliphatic heterocycles. The smallest absolute Gasteiger partial charge is 0.289 e. The van der Waals surface area contributed by atoms with Gasteiger partial charge in [-0.3, -0.25) is 4.79 Å². The van der Waals surface area contributed by atoms with Crippen LogP contribution in [0.4, 0.5) is 0 Å². The number of furan rings is 1. The van der Waals surface area contributed by atoms with E-state index in [1.54, 1.807) is 29.2 Å². The number of nitrogens with zero attached hydrogens (tertiary/aromatic N) is 1. The fourth-order valence-corrected chi connectivity index (χ4v) is 3.47. The minimum atomic E-state index is -0.124. The normalized spacial score (nSPS) is 13.8. The molecule has 2 heterocycles. The molecule has 0 atom stereocenters. The lowest BCUT2D eigenvalue weighted by atomic mass is 9.99. The first-order valence-electron chi connectivity index (χ1n) is 9.33. The van der Waals surface area contributed by atoms with Crippen molar-refractivity contribution in [3.8, 4) is 11.5 Å². The number of phenolic OH excluding ortho intramolecular Hbond substituents is 1. The topological polar surface area (TPSA) is 62.9 Å². The predicted octanol–water partition coefficient (Wildman–Crippen LogP) is 5.26. The molecule has 6 heteroatoms. The molecule has 3 aromatic rings. The molecule has 0 fully saturated rings. The van der Waals surface area contributed by atoms with E-state index >= 15 is 0 Å². The van der Waals surface area contributed by atoms with Gasteiger partial charge in [0.15, 0.2) is 5.76 Å². The molecule has 4 rings (SSSR count). The Labute approximate surface area is 177 Å². The van der Waals surface area contributed by atoms with Crippen LogP contribution in [0.15, 0.2) is 75.6 Å². The fourth-order valence-electron chi connectivity index (χ4n) is 3.20. The van der Waals surface area contributed by atoms with Crippen molar-refractivity contribution in [1.82, 2.24) is 4.90 Å². The molecule has 29 heavy (non-hydrogen) atoms. The van der Waals surface area contributed by atoms with Crippen LogP contribution in [0.3, 0.4) is 0 Å². The highest BCUT2D eigenvalue weighted by molar-refractivity contribution is 9.10. The van der Waals surface area contributed by atoms with Gasteiger partial charge in [-0.15, -0.1) is 0 Å². The van der Waals surface area contributed by atoms with Crippen LogP contribution in [-0.4, -0.2) is 29.0 Å². The zero-order valence-electron chi connectivity index (χ0n) is 15.7. The van der Waals surface area contributed by atoms with E-state index < -0.39 is 0 Å². The van der Waals surface area contributed by atoms with E-state index in [-0.39, 0.29) is 18.3 Å². The van der Waals surface area contributed by atoms with E-state index in [1.807, 2.05) is 42.5 Å². The second kappa shape index (κ2) is 8.57. The van der Waals surface area contributed by atoms with Crippen LogP contribution in [0.2, 0.25) is 0 Å². The highest BCUT2D eigenvalue weighted by Gasteiger charge is 2.22. The van der Waals surface area contributed by atoms with Crippen molar-refractivity contribution in [2.24, 2.45) is 0 Å². The minimum Gasteiger partial charge on any atom is -0.508 e. The van der Waals surface area contributed by atoms with Gasteiger partial charge < -0.3 is 19.2 Å². The van der Waals surface area contributed by atoms with Crippen LogP contribution in [-0.2, 0) is 6.61 Å². The summed E-state index contributed by atoms with van der Waals surface area (Å²) in [5.41, 5.74) is 2.25. The van der Waals surface area contributed by atoms with E-state index in [2.05, 4.69) is 15.9 Å². The van der Waals surface area contributed by atoms with Crippen molar-refractivity contribution in [2.45, 2.75) is 13.0 Å². The van der Waals surface area contributed by atoms with Gasteiger partial charge in [-0.2, -0.15) is 0 Å². The molecule has 0 bridgehead atoms. The van der Waals surface area contributed by atoms with E-state index in [1.165, 1.54) is 5.57 Å². The van der Waals surface area contributed by atoms with Crippen LogP contribution in [0.1, 0.15) is 28.3 Å². The van der Waals surface area contributed by atoms with Crippen LogP contribution >= 0.6 is 15.9 Å². The van der Waals surface area contributed by atoms with Gasteiger partial charge in [-0.1, -0.05) is 34.1 Å². The largest absolute Gasteiger partial charge is 0.508 e. The molecular weight excluding hydrogens is 434 g/mol. The summed E-state index contributed by atoms with van der Waals surface area (Å²) in [6.45, 7) is 1.41. The molecule has 1 aromatic heterocycles. The van der Waals surface area contributed by atoms with Gasteiger partial charge in [0.05, 0.1) is 0 Å². The predicted molar refractivity (Wildman–Crippen MR) is 114 cm³/mol. The summed E-state index contributed by atoms with van der Waals surface area (Å²) >= 11 is 3.39. The first-order chi connectivity index (χ1) is 14.1. The number of aromatic hydroxyl groups is 1. The molecule has 1 N–H and O–H groups in total. The van der Waals surface area contributed by atoms with Gasteiger partial charge in [-0.25, -0.2) is 0 Å². The second-order valence-electron chi connectivity index (χ2n) is 6.79. The van der Waals surface area contributed by atoms with Crippen LogP contribution in [0.25, 0.3) is 5.57 Å². The molecule has 1 amide bonds. The highest BCUT2D eigenvalue weighted by atomic mass is 79.9. The van der Waals surface area contributed by atoms with Gasteiger partial charge in [0.1, 0.15) is 23.9 Å². The zero-order valence-corrected chi connectivity index (χ0v) is 17.3.